The summed E-state index contributed by atoms with van der Waals surface area (Å²) in [7, 11) is 4.04. The number of fused-ring (bicyclic) bond motifs is 1. The molecule has 0 aliphatic carbocycles. The van der Waals surface area contributed by atoms with E-state index in [1.54, 1.807) is 0 Å². The summed E-state index contributed by atoms with van der Waals surface area (Å²) in [4.78, 5) is 25.4. The van der Waals surface area contributed by atoms with Crippen LogP contribution in [0, 0.1) is 0 Å². The number of likely N-dealkylation sites (tertiary alicyclic amines) is 1. The van der Waals surface area contributed by atoms with Gasteiger partial charge in [0.1, 0.15) is 0 Å². The van der Waals surface area contributed by atoms with Gasteiger partial charge in [-0.1, -0.05) is 18.6 Å². The highest BCUT2D eigenvalue weighted by Crippen LogP contribution is 2.19. The molecular weight excluding hydrogens is 360 g/mol. The molecule has 150 valence electrons. The number of aromatic nitrogens is 1. The summed E-state index contributed by atoms with van der Waals surface area (Å²) >= 11 is 0. The van der Waals surface area contributed by atoms with Crippen molar-refractivity contribution in [2.24, 2.45) is 4.99 Å². The zero-order chi connectivity index (χ0) is 20.2. The molecule has 4 rings (SSSR count). The Morgan fingerprint density at radius 1 is 1.07 bits per heavy atom. The van der Waals surface area contributed by atoms with E-state index in [1.807, 2.05) is 69.0 Å². The lowest BCUT2D eigenvalue weighted by molar-refractivity contribution is 0.220. The largest absolute Gasteiger partial charge is 0.378 e. The fourth-order valence-electron chi connectivity index (χ4n) is 3.88. The molecule has 0 spiro atoms. The second-order valence-corrected chi connectivity index (χ2v) is 7.92. The quantitative estimate of drug-likeness (QED) is 0.662. The van der Waals surface area contributed by atoms with Gasteiger partial charge in [0, 0.05) is 55.3 Å². The van der Waals surface area contributed by atoms with Gasteiger partial charge >= 0.3 is 0 Å². The minimum absolute atomic E-state index is 0.120. The van der Waals surface area contributed by atoms with E-state index in [2.05, 4.69) is 19.8 Å². The normalized spacial score (nSPS) is 15.2. The zero-order valence-electron chi connectivity index (χ0n) is 17.2. The number of aliphatic imine (C=N–C) groups is 1. The van der Waals surface area contributed by atoms with E-state index in [9.17, 15) is 4.79 Å². The minimum Gasteiger partial charge on any atom is -0.378 e. The molecule has 0 bridgehead atoms. The van der Waals surface area contributed by atoms with Gasteiger partial charge in [-0.25, -0.2) is 0 Å². The van der Waals surface area contributed by atoms with Crippen LogP contribution in [0.1, 0.15) is 30.4 Å². The van der Waals surface area contributed by atoms with Crippen molar-refractivity contribution in [1.29, 1.82) is 0 Å². The molecule has 1 aliphatic rings. The SMILES string of the molecule is CN(C)c1ccc(N=Cc2cccc3c(=O)c(CN4CCCCC4)c[nH]c23)cc1. The van der Waals surface area contributed by atoms with Crippen molar-refractivity contribution in [3.63, 3.8) is 0 Å². The Morgan fingerprint density at radius 3 is 2.55 bits per heavy atom. The number of para-hydroxylation sites is 1. The molecule has 0 amide bonds. The van der Waals surface area contributed by atoms with Crippen molar-refractivity contribution in [1.82, 2.24) is 9.88 Å². The van der Waals surface area contributed by atoms with Gasteiger partial charge in [0.25, 0.3) is 0 Å². The van der Waals surface area contributed by atoms with Crippen LogP contribution >= 0.6 is 0 Å². The van der Waals surface area contributed by atoms with Crippen molar-refractivity contribution >= 4 is 28.5 Å². The molecule has 1 N–H and O–H groups in total. The maximum atomic E-state index is 13.0. The van der Waals surface area contributed by atoms with Gasteiger partial charge in [0.2, 0.25) is 0 Å². The predicted molar refractivity (Wildman–Crippen MR) is 122 cm³/mol. The van der Waals surface area contributed by atoms with E-state index < -0.39 is 0 Å². The second kappa shape index (κ2) is 8.62. The lowest BCUT2D eigenvalue weighted by Crippen LogP contribution is -2.31. The van der Waals surface area contributed by atoms with E-state index in [0.29, 0.717) is 0 Å². The first-order valence-corrected chi connectivity index (χ1v) is 10.3. The highest BCUT2D eigenvalue weighted by molar-refractivity contribution is 5.98. The van der Waals surface area contributed by atoms with E-state index >= 15 is 0 Å². The molecule has 2 aromatic carbocycles. The third-order valence-corrected chi connectivity index (χ3v) is 5.59. The number of benzene rings is 2. The number of hydrogen-bond acceptors (Lipinski definition) is 4. The van der Waals surface area contributed by atoms with Crippen molar-refractivity contribution in [3.8, 4) is 0 Å². The second-order valence-electron chi connectivity index (χ2n) is 7.92. The summed E-state index contributed by atoms with van der Waals surface area (Å²) in [5.74, 6) is 0. The number of piperidine rings is 1. The first-order valence-electron chi connectivity index (χ1n) is 10.3. The van der Waals surface area contributed by atoms with Gasteiger partial charge in [0.05, 0.1) is 11.2 Å². The fourth-order valence-corrected chi connectivity index (χ4v) is 3.88. The number of aromatic amines is 1. The van der Waals surface area contributed by atoms with Crippen molar-refractivity contribution in [3.05, 3.63) is 70.0 Å². The van der Waals surface area contributed by atoms with E-state index in [0.717, 1.165) is 53.0 Å². The zero-order valence-corrected chi connectivity index (χ0v) is 17.2. The third-order valence-electron chi connectivity index (χ3n) is 5.59. The first kappa shape index (κ1) is 19.4. The van der Waals surface area contributed by atoms with Crippen LogP contribution < -0.4 is 10.3 Å². The molecule has 29 heavy (non-hydrogen) atoms. The third kappa shape index (κ3) is 4.40. The maximum Gasteiger partial charge on any atom is 0.193 e. The summed E-state index contributed by atoms with van der Waals surface area (Å²) in [6.07, 6.45) is 7.45. The minimum atomic E-state index is 0.120. The number of pyridine rings is 1. The van der Waals surface area contributed by atoms with Crippen LogP contribution in [-0.2, 0) is 6.54 Å². The summed E-state index contributed by atoms with van der Waals surface area (Å²) < 4.78 is 0. The van der Waals surface area contributed by atoms with Crippen molar-refractivity contribution < 1.29 is 0 Å². The van der Waals surface area contributed by atoms with Gasteiger partial charge < -0.3 is 9.88 Å². The topological polar surface area (TPSA) is 51.7 Å². The average molecular weight is 389 g/mol. The number of hydrogen-bond donors (Lipinski definition) is 1. The van der Waals surface area contributed by atoms with E-state index in [1.165, 1.54) is 19.3 Å². The van der Waals surface area contributed by atoms with Crippen LogP contribution in [0.5, 0.6) is 0 Å². The lowest BCUT2D eigenvalue weighted by Gasteiger charge is -2.26. The Morgan fingerprint density at radius 2 is 1.83 bits per heavy atom. The van der Waals surface area contributed by atoms with Crippen LogP contribution in [0.3, 0.4) is 0 Å². The van der Waals surface area contributed by atoms with Gasteiger partial charge in [-0.3, -0.25) is 14.7 Å². The molecule has 0 atom stereocenters. The Bertz CT molecular complexity index is 1060. The highest BCUT2D eigenvalue weighted by atomic mass is 16.1. The summed E-state index contributed by atoms with van der Waals surface area (Å²) in [6.45, 7) is 2.88. The van der Waals surface area contributed by atoms with Gasteiger partial charge in [-0.15, -0.1) is 0 Å². The summed E-state index contributed by atoms with van der Waals surface area (Å²) in [6, 6.07) is 13.9. The smallest absolute Gasteiger partial charge is 0.193 e. The Balaban J connectivity index is 1.60. The van der Waals surface area contributed by atoms with E-state index in [-0.39, 0.29) is 5.43 Å². The molecule has 0 unspecified atom stereocenters. The van der Waals surface area contributed by atoms with Crippen LogP contribution in [-0.4, -0.2) is 43.3 Å². The molecular formula is C24H28N4O. The molecule has 3 aromatic rings. The number of rotatable bonds is 5. The Labute approximate surface area is 171 Å². The molecule has 5 nitrogen and oxygen atoms in total. The van der Waals surface area contributed by atoms with Gasteiger partial charge in [-0.2, -0.15) is 0 Å². The van der Waals surface area contributed by atoms with E-state index in [4.69, 9.17) is 0 Å². The highest BCUT2D eigenvalue weighted by Gasteiger charge is 2.14. The maximum absolute atomic E-state index is 13.0. The molecule has 2 heterocycles. The molecule has 1 fully saturated rings. The number of nitrogens with one attached hydrogen (secondary N) is 1. The summed E-state index contributed by atoms with van der Waals surface area (Å²) in [5.41, 5.74) is 4.74. The average Bonchev–Trinajstić information content (AvgIpc) is 2.75. The van der Waals surface area contributed by atoms with Crippen LogP contribution in [0.25, 0.3) is 10.9 Å². The lowest BCUT2D eigenvalue weighted by atomic mass is 10.1. The molecule has 0 radical (unpaired) electrons. The predicted octanol–water partition coefficient (Wildman–Crippen LogP) is 4.33. The van der Waals surface area contributed by atoms with Crippen molar-refractivity contribution in [2.75, 3.05) is 32.1 Å². The Hall–Kier alpha value is -2.92. The summed E-state index contributed by atoms with van der Waals surface area (Å²) in [5, 5.41) is 0.728. The fraction of sp³-hybridized carbons (Fsp3) is 0.333. The monoisotopic (exact) mass is 388 g/mol. The molecule has 5 heteroatoms. The van der Waals surface area contributed by atoms with Gasteiger partial charge in [-0.05, 0) is 56.3 Å². The first-order chi connectivity index (χ1) is 14.1. The van der Waals surface area contributed by atoms with Crippen LogP contribution in [0.15, 0.2) is 58.4 Å². The molecule has 1 aromatic heterocycles. The Kier molecular flexibility index (Phi) is 5.76. The van der Waals surface area contributed by atoms with Crippen molar-refractivity contribution in [2.45, 2.75) is 25.8 Å². The molecule has 1 saturated heterocycles. The van der Waals surface area contributed by atoms with Crippen LogP contribution in [0.4, 0.5) is 11.4 Å². The molecule has 0 saturated carbocycles. The standard InChI is InChI=1S/C24H28N4O/c1-27(2)21-11-9-20(10-12-21)25-15-18-7-6-8-22-23(18)26-16-19(24(22)29)17-28-13-4-3-5-14-28/h6-12,15-16H,3-5,13-14,17H2,1-2H3,(H,26,29). The number of anilines is 1. The number of H-pyrrole nitrogens is 1. The van der Waals surface area contributed by atoms with Crippen LogP contribution in [0.2, 0.25) is 0 Å². The molecule has 1 aliphatic heterocycles. The number of nitrogens with zero attached hydrogens (tertiary/aromatic N) is 3. The van der Waals surface area contributed by atoms with Gasteiger partial charge in [0.15, 0.2) is 5.43 Å².